The van der Waals surface area contributed by atoms with Gasteiger partial charge in [0.15, 0.2) is 6.29 Å². The molecule has 2 heterocycles. The van der Waals surface area contributed by atoms with E-state index >= 15 is 0 Å². The molecule has 1 aliphatic rings. The SMILES string of the molecule is CC1CC(C)CN(c2ccc3[nH]cc(C=O)c3c2)C1. The Balaban J connectivity index is 1.98. The van der Waals surface area contributed by atoms with E-state index in [9.17, 15) is 4.79 Å². The van der Waals surface area contributed by atoms with E-state index in [1.165, 1.54) is 12.1 Å². The van der Waals surface area contributed by atoms with Gasteiger partial charge in [0, 0.05) is 41.4 Å². The summed E-state index contributed by atoms with van der Waals surface area (Å²) >= 11 is 0. The number of carbonyl (C=O) groups excluding carboxylic acids is 1. The van der Waals surface area contributed by atoms with E-state index in [4.69, 9.17) is 0 Å². The van der Waals surface area contributed by atoms with Crippen LogP contribution in [0.4, 0.5) is 5.69 Å². The topological polar surface area (TPSA) is 36.1 Å². The Morgan fingerprint density at radius 1 is 1.26 bits per heavy atom. The number of benzene rings is 1. The summed E-state index contributed by atoms with van der Waals surface area (Å²) in [6, 6.07) is 6.36. The summed E-state index contributed by atoms with van der Waals surface area (Å²) in [5.41, 5.74) is 3.01. The highest BCUT2D eigenvalue weighted by atomic mass is 16.1. The molecule has 1 aromatic carbocycles. The molecule has 100 valence electrons. The van der Waals surface area contributed by atoms with Crippen LogP contribution in [0.2, 0.25) is 0 Å². The van der Waals surface area contributed by atoms with E-state index < -0.39 is 0 Å². The second-order valence-corrected chi connectivity index (χ2v) is 5.94. The van der Waals surface area contributed by atoms with Crippen molar-refractivity contribution >= 4 is 22.9 Å². The van der Waals surface area contributed by atoms with Crippen LogP contribution in [0, 0.1) is 11.8 Å². The maximum absolute atomic E-state index is 11.0. The Bertz CT molecular complexity index is 592. The van der Waals surface area contributed by atoms with Crippen molar-refractivity contribution in [2.45, 2.75) is 20.3 Å². The maximum atomic E-state index is 11.0. The lowest BCUT2D eigenvalue weighted by molar-refractivity contribution is 0.112. The minimum absolute atomic E-state index is 0.733. The molecule has 1 aromatic heterocycles. The van der Waals surface area contributed by atoms with E-state index in [0.717, 1.165) is 47.7 Å². The molecule has 1 aliphatic heterocycles. The largest absolute Gasteiger partial charge is 0.371 e. The van der Waals surface area contributed by atoms with Gasteiger partial charge in [0.25, 0.3) is 0 Å². The monoisotopic (exact) mass is 256 g/mol. The van der Waals surface area contributed by atoms with Crippen LogP contribution in [0.5, 0.6) is 0 Å². The summed E-state index contributed by atoms with van der Waals surface area (Å²) in [5, 5.41) is 1.03. The fraction of sp³-hybridized carbons (Fsp3) is 0.438. The lowest BCUT2D eigenvalue weighted by Crippen LogP contribution is -2.38. The molecule has 0 spiro atoms. The molecule has 2 unspecified atom stereocenters. The van der Waals surface area contributed by atoms with Crippen molar-refractivity contribution in [1.29, 1.82) is 0 Å². The Kier molecular flexibility index (Phi) is 3.05. The molecule has 2 aromatic rings. The van der Waals surface area contributed by atoms with Gasteiger partial charge in [-0.2, -0.15) is 0 Å². The molecule has 0 radical (unpaired) electrons. The Morgan fingerprint density at radius 2 is 2.00 bits per heavy atom. The van der Waals surface area contributed by atoms with E-state index in [2.05, 4.69) is 41.9 Å². The first-order chi connectivity index (χ1) is 9.17. The van der Waals surface area contributed by atoms with Crippen molar-refractivity contribution in [2.75, 3.05) is 18.0 Å². The first-order valence-electron chi connectivity index (χ1n) is 6.98. The number of rotatable bonds is 2. The van der Waals surface area contributed by atoms with Crippen LogP contribution in [0.3, 0.4) is 0 Å². The van der Waals surface area contributed by atoms with Crippen LogP contribution in [0.25, 0.3) is 10.9 Å². The summed E-state index contributed by atoms with van der Waals surface area (Å²) in [6.45, 7) is 6.84. The lowest BCUT2D eigenvalue weighted by atomic mass is 9.91. The number of hydrogen-bond acceptors (Lipinski definition) is 2. The highest BCUT2D eigenvalue weighted by Crippen LogP contribution is 2.29. The van der Waals surface area contributed by atoms with Gasteiger partial charge in [-0.05, 0) is 36.5 Å². The van der Waals surface area contributed by atoms with E-state index in [0.29, 0.717) is 0 Å². The molecule has 1 fully saturated rings. The second-order valence-electron chi connectivity index (χ2n) is 5.94. The Morgan fingerprint density at radius 3 is 2.68 bits per heavy atom. The first-order valence-corrected chi connectivity index (χ1v) is 6.98. The van der Waals surface area contributed by atoms with Crippen LogP contribution in [0.15, 0.2) is 24.4 Å². The zero-order chi connectivity index (χ0) is 13.4. The van der Waals surface area contributed by atoms with E-state index in [1.807, 2.05) is 0 Å². The number of hydrogen-bond donors (Lipinski definition) is 1. The average Bonchev–Trinajstić information content (AvgIpc) is 2.79. The van der Waals surface area contributed by atoms with Crippen molar-refractivity contribution in [3.8, 4) is 0 Å². The third kappa shape index (κ3) is 2.25. The predicted molar refractivity (Wildman–Crippen MR) is 78.8 cm³/mol. The smallest absolute Gasteiger partial charge is 0.152 e. The normalized spacial score (nSPS) is 23.8. The number of nitrogens with one attached hydrogen (secondary N) is 1. The Hall–Kier alpha value is -1.77. The average molecular weight is 256 g/mol. The third-order valence-corrected chi connectivity index (χ3v) is 4.06. The molecule has 3 rings (SSSR count). The number of aromatic nitrogens is 1. The molecule has 2 atom stereocenters. The highest BCUT2D eigenvalue weighted by molar-refractivity contribution is 5.98. The van der Waals surface area contributed by atoms with Crippen LogP contribution >= 0.6 is 0 Å². The van der Waals surface area contributed by atoms with Gasteiger partial charge in [-0.1, -0.05) is 13.8 Å². The fourth-order valence-electron chi connectivity index (χ4n) is 3.30. The van der Waals surface area contributed by atoms with Crippen molar-refractivity contribution in [1.82, 2.24) is 4.98 Å². The first kappa shape index (κ1) is 12.3. The van der Waals surface area contributed by atoms with Crippen LogP contribution in [0.1, 0.15) is 30.6 Å². The number of fused-ring (bicyclic) bond motifs is 1. The minimum Gasteiger partial charge on any atom is -0.371 e. The van der Waals surface area contributed by atoms with Gasteiger partial charge < -0.3 is 9.88 Å². The van der Waals surface area contributed by atoms with Gasteiger partial charge in [0.1, 0.15) is 0 Å². The van der Waals surface area contributed by atoms with Crippen LogP contribution in [-0.2, 0) is 0 Å². The van der Waals surface area contributed by atoms with Crippen molar-refractivity contribution in [3.05, 3.63) is 30.0 Å². The molecule has 0 saturated carbocycles. The second kappa shape index (κ2) is 4.72. The standard InChI is InChI=1S/C16H20N2O/c1-11-5-12(2)9-18(8-11)14-3-4-16-15(6-14)13(10-19)7-17-16/h3-4,6-7,10-12,17H,5,8-9H2,1-2H3. The quantitative estimate of drug-likeness (QED) is 0.835. The summed E-state index contributed by atoms with van der Waals surface area (Å²) < 4.78 is 0. The van der Waals surface area contributed by atoms with Gasteiger partial charge in [0.05, 0.1) is 0 Å². The number of aromatic amines is 1. The third-order valence-electron chi connectivity index (χ3n) is 4.06. The zero-order valence-corrected chi connectivity index (χ0v) is 11.5. The zero-order valence-electron chi connectivity index (χ0n) is 11.5. The van der Waals surface area contributed by atoms with Crippen molar-refractivity contribution in [3.63, 3.8) is 0 Å². The number of anilines is 1. The maximum Gasteiger partial charge on any atom is 0.152 e. The van der Waals surface area contributed by atoms with Crippen LogP contribution < -0.4 is 4.90 Å². The van der Waals surface area contributed by atoms with E-state index in [-0.39, 0.29) is 0 Å². The Labute approximate surface area is 113 Å². The molecule has 1 N–H and O–H groups in total. The van der Waals surface area contributed by atoms with Gasteiger partial charge in [0.2, 0.25) is 0 Å². The number of H-pyrrole nitrogens is 1. The summed E-state index contributed by atoms with van der Waals surface area (Å²) in [7, 11) is 0. The fourth-order valence-corrected chi connectivity index (χ4v) is 3.30. The molecule has 3 nitrogen and oxygen atoms in total. The molecular weight excluding hydrogens is 236 g/mol. The number of piperidine rings is 1. The molecule has 3 heteroatoms. The van der Waals surface area contributed by atoms with Gasteiger partial charge in [-0.25, -0.2) is 0 Å². The van der Waals surface area contributed by atoms with Crippen molar-refractivity contribution in [2.24, 2.45) is 11.8 Å². The van der Waals surface area contributed by atoms with E-state index in [1.54, 1.807) is 6.20 Å². The molecule has 0 amide bonds. The molecule has 0 bridgehead atoms. The molecule has 1 saturated heterocycles. The lowest BCUT2D eigenvalue weighted by Gasteiger charge is -2.36. The number of nitrogens with zero attached hydrogens (tertiary/aromatic N) is 1. The van der Waals surface area contributed by atoms with Gasteiger partial charge >= 0.3 is 0 Å². The summed E-state index contributed by atoms with van der Waals surface area (Å²) in [6.07, 6.45) is 4.01. The van der Waals surface area contributed by atoms with Crippen LogP contribution in [-0.4, -0.2) is 24.4 Å². The predicted octanol–water partition coefficient (Wildman–Crippen LogP) is 3.46. The highest BCUT2D eigenvalue weighted by Gasteiger charge is 2.22. The van der Waals surface area contributed by atoms with Gasteiger partial charge in [-0.15, -0.1) is 0 Å². The number of carbonyl (C=O) groups is 1. The molecule has 19 heavy (non-hydrogen) atoms. The van der Waals surface area contributed by atoms with Gasteiger partial charge in [-0.3, -0.25) is 4.79 Å². The van der Waals surface area contributed by atoms with Crippen molar-refractivity contribution < 1.29 is 4.79 Å². The summed E-state index contributed by atoms with van der Waals surface area (Å²) in [5.74, 6) is 1.47. The summed E-state index contributed by atoms with van der Waals surface area (Å²) in [4.78, 5) is 16.6. The molecular formula is C16H20N2O. The molecule has 0 aliphatic carbocycles. The number of aldehydes is 1. The minimum atomic E-state index is 0.733.